The molecule has 4 rings (SSSR count). The van der Waals surface area contributed by atoms with E-state index in [0.29, 0.717) is 0 Å². The Morgan fingerprint density at radius 1 is 0.548 bits per heavy atom. The number of rotatable bonds is 7. The highest BCUT2D eigenvalue weighted by molar-refractivity contribution is 8.44. The second kappa shape index (κ2) is 9.78. The van der Waals surface area contributed by atoms with Crippen LogP contribution in [0.3, 0.4) is 0 Å². The topological polar surface area (TPSA) is 17.1 Å². The molecule has 0 heterocycles. The molecular weight excluding hydrogens is 414 g/mol. The molecule has 0 radical (unpaired) electrons. The molecule has 0 aromatic heterocycles. The van der Waals surface area contributed by atoms with Crippen LogP contribution in [-0.4, -0.2) is 0 Å². The molecule has 4 aromatic rings. The summed E-state index contributed by atoms with van der Waals surface area (Å²) in [5.41, 5.74) is 2.56. The van der Waals surface area contributed by atoms with Gasteiger partial charge >= 0.3 is 0 Å². The van der Waals surface area contributed by atoms with Gasteiger partial charge in [-0.2, -0.15) is 0 Å². The van der Waals surface area contributed by atoms with Crippen molar-refractivity contribution in [2.24, 2.45) is 0 Å². The zero-order valence-corrected chi connectivity index (χ0v) is 19.9. The lowest BCUT2D eigenvalue weighted by molar-refractivity contribution is 0.595. The van der Waals surface area contributed by atoms with E-state index in [9.17, 15) is 0 Å². The maximum Gasteiger partial charge on any atom is 0.171 e. The summed E-state index contributed by atoms with van der Waals surface area (Å²) in [4.78, 5) is 0. The molecule has 156 valence electrons. The number of benzene rings is 4. The summed E-state index contributed by atoms with van der Waals surface area (Å²) in [5, 5.41) is 4.16. The van der Waals surface area contributed by atoms with Gasteiger partial charge in [0.1, 0.15) is 0 Å². The minimum atomic E-state index is -2.97. The molecule has 0 aliphatic carbocycles. The van der Waals surface area contributed by atoms with E-state index in [1.165, 1.54) is 11.1 Å². The molecule has 0 aliphatic rings. The molecule has 0 bridgehead atoms. The molecule has 0 spiro atoms. The summed E-state index contributed by atoms with van der Waals surface area (Å²) in [6, 6.07) is 37.7. The molecule has 0 aliphatic heterocycles. The van der Waals surface area contributed by atoms with E-state index < -0.39 is 14.4 Å². The lowest BCUT2D eigenvalue weighted by Crippen LogP contribution is -2.23. The molecule has 2 unspecified atom stereocenters. The van der Waals surface area contributed by atoms with Crippen molar-refractivity contribution in [2.45, 2.75) is 26.7 Å². The van der Waals surface area contributed by atoms with Gasteiger partial charge in [-0.25, -0.2) is 0 Å². The van der Waals surface area contributed by atoms with Gasteiger partial charge in [-0.1, -0.05) is 123 Å². The minimum Gasteiger partial charge on any atom is -0.308 e. The molecule has 1 nitrogen and oxygen atoms in total. The molecule has 31 heavy (non-hydrogen) atoms. The molecule has 0 N–H and O–H groups in total. The van der Waals surface area contributed by atoms with Gasteiger partial charge in [0.15, 0.2) is 6.83 Å². The van der Waals surface area contributed by atoms with Gasteiger partial charge in [0, 0.05) is 18.2 Å². The average molecular weight is 442 g/mol. The Kier molecular flexibility index (Phi) is 6.86. The Balaban J connectivity index is 1.98. The maximum atomic E-state index is 15.3. The van der Waals surface area contributed by atoms with Crippen molar-refractivity contribution in [2.75, 3.05) is 0 Å². The van der Waals surface area contributed by atoms with Crippen LogP contribution >= 0.6 is 14.4 Å². The first-order valence-electron chi connectivity index (χ1n) is 10.9. The third kappa shape index (κ3) is 4.45. The van der Waals surface area contributed by atoms with Crippen LogP contribution in [0.1, 0.15) is 25.0 Å². The first-order chi connectivity index (χ1) is 15.2. The van der Waals surface area contributed by atoms with Crippen LogP contribution < -0.4 is 21.2 Å². The summed E-state index contributed by atoms with van der Waals surface area (Å²) < 4.78 is 15.3. The number of aryl methyl sites for hydroxylation is 2. The highest BCUT2D eigenvalue weighted by Crippen LogP contribution is 2.72. The predicted octanol–water partition coefficient (Wildman–Crippen LogP) is 6.17. The Morgan fingerprint density at radius 2 is 0.968 bits per heavy atom. The van der Waals surface area contributed by atoms with Gasteiger partial charge in [-0.05, 0) is 34.6 Å². The highest BCUT2D eigenvalue weighted by atomic mass is 32.1. The molecule has 0 fully saturated rings. The number of hydrogen-bond acceptors (Lipinski definition) is 1. The summed E-state index contributed by atoms with van der Waals surface area (Å²) in [6.45, 7) is 1.35. The van der Waals surface area contributed by atoms with Crippen LogP contribution in [0.15, 0.2) is 109 Å². The Morgan fingerprint density at radius 3 is 1.48 bits per heavy atom. The monoisotopic (exact) mass is 442 g/mol. The number of hydrogen-bond donors (Lipinski definition) is 0. The normalized spacial score (nSPS) is 14.0. The largest absolute Gasteiger partial charge is 0.308 e. The van der Waals surface area contributed by atoms with Crippen molar-refractivity contribution >= 4 is 35.7 Å². The fourth-order valence-corrected chi connectivity index (χ4v) is 12.5. The zero-order chi connectivity index (χ0) is 21.7. The zero-order valence-electron chi connectivity index (χ0n) is 18.1. The Bertz CT molecular complexity index is 1150. The quantitative estimate of drug-likeness (QED) is 0.313. The molecule has 2 atom stereocenters. The van der Waals surface area contributed by atoms with E-state index in [1.807, 2.05) is 36.4 Å². The fourth-order valence-electron chi connectivity index (χ4n) is 3.86. The van der Waals surface area contributed by atoms with Crippen LogP contribution in [0, 0.1) is 0 Å². The molecule has 0 saturated heterocycles. The van der Waals surface area contributed by atoms with Crippen molar-refractivity contribution in [3.8, 4) is 0 Å². The van der Waals surface area contributed by atoms with E-state index in [2.05, 4.69) is 86.6 Å². The first kappa shape index (κ1) is 21.8. The van der Waals surface area contributed by atoms with Crippen LogP contribution in [0.5, 0.6) is 0 Å². The molecule has 0 amide bonds. The van der Waals surface area contributed by atoms with E-state index in [0.717, 1.165) is 34.1 Å². The summed E-state index contributed by atoms with van der Waals surface area (Å²) in [5.74, 6) is 0. The van der Waals surface area contributed by atoms with Crippen LogP contribution in [-0.2, 0) is 17.4 Å². The Labute approximate surface area is 187 Å². The maximum absolute atomic E-state index is 15.3. The summed E-state index contributed by atoms with van der Waals surface area (Å²) in [6.07, 6.45) is 1.97. The smallest absolute Gasteiger partial charge is 0.171 e. The van der Waals surface area contributed by atoms with Gasteiger partial charge in [-0.15, -0.1) is 0 Å². The SMILES string of the molecule is CCc1ccc(P(c2ccccc2)P(=O)(c2ccccc2)c2ccc(CC)cc2)cc1. The van der Waals surface area contributed by atoms with Crippen LogP contribution in [0.4, 0.5) is 0 Å². The van der Waals surface area contributed by atoms with Crippen molar-refractivity contribution in [3.63, 3.8) is 0 Å². The minimum absolute atomic E-state index is 0.925. The molecule has 3 heteroatoms. The third-order valence-corrected chi connectivity index (χ3v) is 14.3. The lowest BCUT2D eigenvalue weighted by Gasteiger charge is -2.30. The second-order valence-electron chi connectivity index (χ2n) is 7.60. The van der Waals surface area contributed by atoms with E-state index in [4.69, 9.17) is 0 Å². The van der Waals surface area contributed by atoms with E-state index >= 15 is 4.57 Å². The van der Waals surface area contributed by atoms with Crippen molar-refractivity contribution in [3.05, 3.63) is 120 Å². The van der Waals surface area contributed by atoms with Gasteiger partial charge < -0.3 is 4.57 Å². The molecule has 0 saturated carbocycles. The predicted molar refractivity (Wildman–Crippen MR) is 138 cm³/mol. The van der Waals surface area contributed by atoms with Crippen LogP contribution in [0.25, 0.3) is 0 Å². The third-order valence-electron chi connectivity index (χ3n) is 5.67. The van der Waals surface area contributed by atoms with Crippen LogP contribution in [0.2, 0.25) is 0 Å². The Hall–Kier alpha value is -2.46. The van der Waals surface area contributed by atoms with Crippen molar-refractivity contribution in [1.82, 2.24) is 0 Å². The highest BCUT2D eigenvalue weighted by Gasteiger charge is 2.38. The standard InChI is InChI=1S/C28H28OP2/c1-3-23-15-19-26(20-16-23)30(25-11-7-5-8-12-25)31(29,27-13-9-6-10-14-27)28-21-17-24(4-2)18-22-28/h5-22H,3-4H2,1-2H3. The van der Waals surface area contributed by atoms with Gasteiger partial charge in [0.25, 0.3) is 0 Å². The summed E-state index contributed by atoms with van der Waals surface area (Å²) >= 11 is 0. The van der Waals surface area contributed by atoms with E-state index in [-0.39, 0.29) is 0 Å². The first-order valence-corrected chi connectivity index (χ1v) is 14.6. The average Bonchev–Trinajstić information content (AvgIpc) is 2.85. The molecular formula is C28H28OP2. The second-order valence-corrected chi connectivity index (χ2v) is 14.3. The molecule has 4 aromatic carbocycles. The van der Waals surface area contributed by atoms with E-state index in [1.54, 1.807) is 0 Å². The van der Waals surface area contributed by atoms with Crippen molar-refractivity contribution in [1.29, 1.82) is 0 Å². The summed E-state index contributed by atoms with van der Waals surface area (Å²) in [7, 11) is -1.12. The van der Waals surface area contributed by atoms with Gasteiger partial charge in [-0.3, -0.25) is 0 Å². The fraction of sp³-hybridized carbons (Fsp3) is 0.143. The van der Waals surface area contributed by atoms with Gasteiger partial charge in [0.2, 0.25) is 0 Å². The van der Waals surface area contributed by atoms with Crippen molar-refractivity contribution < 1.29 is 4.57 Å². The van der Waals surface area contributed by atoms with Gasteiger partial charge in [0.05, 0.1) is 0 Å². The lowest BCUT2D eigenvalue weighted by atomic mass is 10.2.